The van der Waals surface area contributed by atoms with Gasteiger partial charge in [-0.3, -0.25) is 9.69 Å². The van der Waals surface area contributed by atoms with Gasteiger partial charge in [0.25, 0.3) is 0 Å². The van der Waals surface area contributed by atoms with E-state index in [1.54, 1.807) is 4.90 Å². The Morgan fingerprint density at radius 2 is 1.83 bits per heavy atom. The second-order valence-corrected chi connectivity index (χ2v) is 5.27. The van der Waals surface area contributed by atoms with Crippen LogP contribution in [-0.4, -0.2) is 42.9 Å². The summed E-state index contributed by atoms with van der Waals surface area (Å²) in [6.07, 6.45) is 1.98. The Kier molecular flexibility index (Phi) is 4.37. The van der Waals surface area contributed by atoms with Crippen LogP contribution < -0.4 is 0 Å². The Labute approximate surface area is 109 Å². The Bertz CT molecular complexity index is 381. The third-order valence-corrected chi connectivity index (χ3v) is 3.63. The van der Waals surface area contributed by atoms with Crippen molar-refractivity contribution in [2.45, 2.75) is 19.4 Å². The Morgan fingerprint density at radius 1 is 1.22 bits per heavy atom. The van der Waals surface area contributed by atoms with E-state index in [4.69, 9.17) is 0 Å². The van der Waals surface area contributed by atoms with E-state index in [9.17, 15) is 4.79 Å². The molecule has 1 aliphatic rings. The van der Waals surface area contributed by atoms with Crippen LogP contribution in [0.5, 0.6) is 0 Å². The van der Waals surface area contributed by atoms with Crippen molar-refractivity contribution in [1.82, 2.24) is 9.80 Å². The van der Waals surface area contributed by atoms with Crippen molar-refractivity contribution in [3.8, 4) is 0 Å². The number of amides is 1. The normalized spacial score (nSPS) is 17.7. The summed E-state index contributed by atoms with van der Waals surface area (Å²) in [6, 6.07) is 10.5. The van der Waals surface area contributed by atoms with Crippen molar-refractivity contribution in [3.63, 3.8) is 0 Å². The lowest BCUT2D eigenvalue weighted by molar-refractivity contribution is -0.134. The number of carbonyl (C=O) groups is 1. The van der Waals surface area contributed by atoms with Gasteiger partial charge in [0.15, 0.2) is 0 Å². The van der Waals surface area contributed by atoms with Crippen molar-refractivity contribution in [1.29, 1.82) is 0 Å². The van der Waals surface area contributed by atoms with Gasteiger partial charge in [-0.25, -0.2) is 0 Å². The Morgan fingerprint density at radius 3 is 2.39 bits per heavy atom. The first-order chi connectivity index (χ1) is 8.66. The van der Waals surface area contributed by atoms with Crippen molar-refractivity contribution in [3.05, 3.63) is 35.9 Å². The molecule has 98 valence electrons. The van der Waals surface area contributed by atoms with Gasteiger partial charge >= 0.3 is 0 Å². The molecule has 1 aliphatic heterocycles. The van der Waals surface area contributed by atoms with E-state index in [1.165, 1.54) is 5.56 Å². The predicted molar refractivity (Wildman–Crippen MR) is 73.1 cm³/mol. The molecule has 1 amide bonds. The van der Waals surface area contributed by atoms with E-state index in [0.717, 1.165) is 32.5 Å². The van der Waals surface area contributed by atoms with Gasteiger partial charge in [0.05, 0.1) is 0 Å². The fourth-order valence-corrected chi connectivity index (χ4v) is 2.54. The van der Waals surface area contributed by atoms with E-state index in [0.29, 0.717) is 0 Å². The topological polar surface area (TPSA) is 23.6 Å². The molecular formula is C15H22N2O. The zero-order chi connectivity index (χ0) is 13.0. The number of hydrogen-bond donors (Lipinski definition) is 0. The number of piperidine rings is 1. The fraction of sp³-hybridized carbons (Fsp3) is 0.533. The second-order valence-electron chi connectivity index (χ2n) is 5.27. The van der Waals surface area contributed by atoms with Crippen LogP contribution in [0, 0.1) is 5.92 Å². The lowest BCUT2D eigenvalue weighted by Gasteiger charge is -2.32. The van der Waals surface area contributed by atoms with Crippen LogP contribution in [0.4, 0.5) is 0 Å². The lowest BCUT2D eigenvalue weighted by Crippen LogP contribution is -2.39. The van der Waals surface area contributed by atoms with E-state index < -0.39 is 0 Å². The first-order valence-electron chi connectivity index (χ1n) is 6.64. The van der Waals surface area contributed by atoms with Crippen LogP contribution >= 0.6 is 0 Å². The minimum Gasteiger partial charge on any atom is -0.349 e. The Hall–Kier alpha value is -1.35. The molecule has 1 saturated heterocycles. The third-order valence-electron chi connectivity index (χ3n) is 3.63. The highest BCUT2D eigenvalue weighted by molar-refractivity contribution is 5.78. The average molecular weight is 246 g/mol. The summed E-state index contributed by atoms with van der Waals surface area (Å²) in [4.78, 5) is 16.0. The van der Waals surface area contributed by atoms with E-state index in [-0.39, 0.29) is 11.8 Å². The van der Waals surface area contributed by atoms with Crippen LogP contribution in [0.1, 0.15) is 18.4 Å². The minimum absolute atomic E-state index is 0.229. The second kappa shape index (κ2) is 6.01. The molecule has 0 aliphatic carbocycles. The van der Waals surface area contributed by atoms with Gasteiger partial charge in [-0.2, -0.15) is 0 Å². The first kappa shape index (κ1) is 13.1. The highest BCUT2D eigenvalue weighted by Crippen LogP contribution is 2.20. The summed E-state index contributed by atoms with van der Waals surface area (Å²) >= 11 is 0. The zero-order valence-electron chi connectivity index (χ0n) is 11.3. The van der Waals surface area contributed by atoms with Gasteiger partial charge in [-0.05, 0) is 31.5 Å². The number of benzene rings is 1. The lowest BCUT2D eigenvalue weighted by atomic mass is 9.95. The van der Waals surface area contributed by atoms with Crippen molar-refractivity contribution in [2.24, 2.45) is 5.92 Å². The van der Waals surface area contributed by atoms with Gasteiger partial charge < -0.3 is 4.90 Å². The standard InChI is InChI=1S/C15H22N2O/c1-16(2)15(18)14-8-10-17(11-9-14)12-13-6-4-3-5-7-13/h3-7,14H,8-12H2,1-2H3. The van der Waals surface area contributed by atoms with Gasteiger partial charge in [0.1, 0.15) is 0 Å². The maximum absolute atomic E-state index is 11.9. The summed E-state index contributed by atoms with van der Waals surface area (Å²) in [5.41, 5.74) is 1.36. The van der Waals surface area contributed by atoms with Gasteiger partial charge in [0, 0.05) is 26.6 Å². The fourth-order valence-electron chi connectivity index (χ4n) is 2.54. The minimum atomic E-state index is 0.229. The van der Waals surface area contributed by atoms with E-state index in [2.05, 4.69) is 29.2 Å². The first-order valence-corrected chi connectivity index (χ1v) is 6.64. The number of nitrogens with zero attached hydrogens (tertiary/aromatic N) is 2. The third kappa shape index (κ3) is 3.33. The van der Waals surface area contributed by atoms with Gasteiger partial charge in [-0.15, -0.1) is 0 Å². The quantitative estimate of drug-likeness (QED) is 0.814. The van der Waals surface area contributed by atoms with Gasteiger partial charge in [-0.1, -0.05) is 30.3 Å². The average Bonchev–Trinajstić information content (AvgIpc) is 2.40. The molecule has 2 rings (SSSR count). The Balaban J connectivity index is 1.82. The van der Waals surface area contributed by atoms with E-state index in [1.807, 2.05) is 20.2 Å². The summed E-state index contributed by atoms with van der Waals surface area (Å²) in [5.74, 6) is 0.515. The molecule has 0 atom stereocenters. The molecular weight excluding hydrogens is 224 g/mol. The largest absolute Gasteiger partial charge is 0.349 e. The number of hydrogen-bond acceptors (Lipinski definition) is 2. The van der Waals surface area contributed by atoms with Crippen molar-refractivity contribution < 1.29 is 4.79 Å². The number of carbonyl (C=O) groups excluding carboxylic acids is 1. The molecule has 3 nitrogen and oxygen atoms in total. The maximum atomic E-state index is 11.9. The smallest absolute Gasteiger partial charge is 0.225 e. The van der Waals surface area contributed by atoms with Crippen LogP contribution in [0.2, 0.25) is 0 Å². The van der Waals surface area contributed by atoms with Crippen LogP contribution in [0.25, 0.3) is 0 Å². The summed E-state index contributed by atoms with van der Waals surface area (Å²) < 4.78 is 0. The molecule has 1 heterocycles. The molecule has 3 heteroatoms. The van der Waals surface area contributed by atoms with Gasteiger partial charge in [0.2, 0.25) is 5.91 Å². The predicted octanol–water partition coefficient (Wildman–Crippen LogP) is 1.99. The van der Waals surface area contributed by atoms with Crippen LogP contribution in [0.15, 0.2) is 30.3 Å². The summed E-state index contributed by atoms with van der Waals surface area (Å²) in [7, 11) is 3.69. The highest BCUT2D eigenvalue weighted by Gasteiger charge is 2.25. The summed E-state index contributed by atoms with van der Waals surface area (Å²) in [5, 5.41) is 0. The molecule has 0 spiro atoms. The monoisotopic (exact) mass is 246 g/mol. The molecule has 0 saturated carbocycles. The van der Waals surface area contributed by atoms with E-state index >= 15 is 0 Å². The molecule has 0 unspecified atom stereocenters. The molecule has 0 N–H and O–H groups in total. The molecule has 1 aromatic rings. The molecule has 1 aromatic carbocycles. The van der Waals surface area contributed by atoms with Crippen molar-refractivity contribution >= 4 is 5.91 Å². The zero-order valence-corrected chi connectivity index (χ0v) is 11.3. The highest BCUT2D eigenvalue weighted by atomic mass is 16.2. The SMILES string of the molecule is CN(C)C(=O)C1CCN(Cc2ccccc2)CC1. The molecule has 18 heavy (non-hydrogen) atoms. The molecule has 0 radical (unpaired) electrons. The maximum Gasteiger partial charge on any atom is 0.225 e. The summed E-state index contributed by atoms with van der Waals surface area (Å²) in [6.45, 7) is 3.06. The van der Waals surface area contributed by atoms with Crippen molar-refractivity contribution in [2.75, 3.05) is 27.2 Å². The van der Waals surface area contributed by atoms with Crippen LogP contribution in [0.3, 0.4) is 0 Å². The van der Waals surface area contributed by atoms with Crippen LogP contribution in [-0.2, 0) is 11.3 Å². The number of likely N-dealkylation sites (tertiary alicyclic amines) is 1. The molecule has 0 bridgehead atoms. The molecule has 0 aromatic heterocycles. The molecule has 1 fully saturated rings. The number of rotatable bonds is 3.